The maximum Gasteiger partial charge on any atom is 0.119 e. The summed E-state index contributed by atoms with van der Waals surface area (Å²) in [6.45, 7) is 0. The molecule has 2 nitrogen and oxygen atoms in total. The van der Waals surface area contributed by atoms with E-state index in [9.17, 15) is 0 Å². The maximum atomic E-state index is 9.02. The molecule has 0 saturated carbocycles. The average molecular weight is 225 g/mol. The molecule has 0 heterocycles. The number of ether oxygens (including phenoxy) is 1. The van der Waals surface area contributed by atoms with Crippen molar-refractivity contribution >= 4 is 0 Å². The first kappa shape index (κ1) is 11.5. The lowest BCUT2D eigenvalue weighted by Gasteiger charge is -2.27. The molecule has 0 saturated heterocycles. The van der Waals surface area contributed by atoms with Gasteiger partial charge >= 0.3 is 0 Å². The first-order valence-electron chi connectivity index (χ1n) is 5.67. The Morgan fingerprint density at radius 1 is 1.35 bits per heavy atom. The van der Waals surface area contributed by atoms with E-state index in [2.05, 4.69) is 30.4 Å². The SMILES string of the molecule is COc1cccc(C2(CC#N)C=CCC=C2)c1. The van der Waals surface area contributed by atoms with Gasteiger partial charge in [0.05, 0.1) is 19.6 Å². The van der Waals surface area contributed by atoms with Crippen molar-refractivity contribution in [2.45, 2.75) is 18.3 Å². The second-order valence-electron chi connectivity index (χ2n) is 4.15. The van der Waals surface area contributed by atoms with E-state index in [1.54, 1.807) is 7.11 Å². The van der Waals surface area contributed by atoms with Crippen molar-refractivity contribution in [3.05, 3.63) is 54.1 Å². The van der Waals surface area contributed by atoms with Crippen LogP contribution in [0.1, 0.15) is 18.4 Å². The standard InChI is InChI=1S/C15H15NO/c1-17-14-7-5-6-13(12-14)15(10-11-16)8-3-2-4-9-15/h3-9,12H,2,10H2,1H3. The highest BCUT2D eigenvalue weighted by atomic mass is 16.5. The number of rotatable bonds is 3. The molecule has 17 heavy (non-hydrogen) atoms. The zero-order valence-corrected chi connectivity index (χ0v) is 9.89. The second kappa shape index (κ2) is 4.88. The van der Waals surface area contributed by atoms with Gasteiger partial charge in [0, 0.05) is 5.41 Å². The van der Waals surface area contributed by atoms with Gasteiger partial charge in [0.1, 0.15) is 5.75 Å². The zero-order chi connectivity index (χ0) is 12.1. The van der Waals surface area contributed by atoms with Crippen LogP contribution in [-0.4, -0.2) is 7.11 Å². The molecule has 0 N–H and O–H groups in total. The Balaban J connectivity index is 2.46. The van der Waals surface area contributed by atoms with E-state index >= 15 is 0 Å². The average Bonchev–Trinajstić information content (AvgIpc) is 2.40. The molecule has 0 radical (unpaired) electrons. The van der Waals surface area contributed by atoms with Crippen molar-refractivity contribution in [3.63, 3.8) is 0 Å². The summed E-state index contributed by atoms with van der Waals surface area (Å²) >= 11 is 0. The highest BCUT2D eigenvalue weighted by Gasteiger charge is 2.27. The van der Waals surface area contributed by atoms with Crippen LogP contribution in [0.15, 0.2) is 48.6 Å². The van der Waals surface area contributed by atoms with Crippen LogP contribution in [0.2, 0.25) is 0 Å². The monoisotopic (exact) mass is 225 g/mol. The predicted molar refractivity (Wildman–Crippen MR) is 67.8 cm³/mol. The summed E-state index contributed by atoms with van der Waals surface area (Å²) in [6.07, 6.45) is 9.84. The lowest BCUT2D eigenvalue weighted by atomic mass is 9.75. The minimum atomic E-state index is -0.290. The number of hydrogen-bond acceptors (Lipinski definition) is 2. The Bertz CT molecular complexity index is 482. The van der Waals surface area contributed by atoms with Gasteiger partial charge in [-0.1, -0.05) is 36.4 Å². The van der Waals surface area contributed by atoms with Gasteiger partial charge in [-0.25, -0.2) is 0 Å². The van der Waals surface area contributed by atoms with Crippen molar-refractivity contribution in [1.29, 1.82) is 5.26 Å². The Labute approximate surface area is 102 Å². The molecular weight excluding hydrogens is 210 g/mol. The molecule has 0 aromatic heterocycles. The Kier molecular flexibility index (Phi) is 3.30. The van der Waals surface area contributed by atoms with Crippen molar-refractivity contribution in [2.75, 3.05) is 7.11 Å². The van der Waals surface area contributed by atoms with E-state index in [4.69, 9.17) is 10.00 Å². The smallest absolute Gasteiger partial charge is 0.119 e. The number of allylic oxidation sites excluding steroid dienone is 4. The van der Waals surface area contributed by atoms with Crippen molar-refractivity contribution in [3.8, 4) is 11.8 Å². The quantitative estimate of drug-likeness (QED) is 0.739. The third kappa shape index (κ3) is 2.24. The lowest BCUT2D eigenvalue weighted by Crippen LogP contribution is -2.21. The highest BCUT2D eigenvalue weighted by Crippen LogP contribution is 2.35. The molecule has 0 bridgehead atoms. The van der Waals surface area contributed by atoms with Gasteiger partial charge in [0.25, 0.3) is 0 Å². The highest BCUT2D eigenvalue weighted by molar-refractivity contribution is 5.43. The molecule has 86 valence electrons. The molecule has 0 spiro atoms. The number of benzene rings is 1. The Morgan fingerprint density at radius 2 is 2.12 bits per heavy atom. The molecule has 0 aliphatic heterocycles. The molecule has 1 aromatic rings. The van der Waals surface area contributed by atoms with Gasteiger partial charge in [-0.3, -0.25) is 0 Å². The number of methoxy groups -OCH3 is 1. The van der Waals surface area contributed by atoms with Crippen LogP contribution in [0.25, 0.3) is 0 Å². The Morgan fingerprint density at radius 3 is 2.76 bits per heavy atom. The molecular formula is C15H15NO. The number of hydrogen-bond donors (Lipinski definition) is 0. The van der Waals surface area contributed by atoms with Crippen LogP contribution < -0.4 is 4.74 Å². The van der Waals surface area contributed by atoms with Crippen LogP contribution in [0.3, 0.4) is 0 Å². The summed E-state index contributed by atoms with van der Waals surface area (Å²) < 4.78 is 5.24. The number of nitriles is 1. The van der Waals surface area contributed by atoms with E-state index in [-0.39, 0.29) is 5.41 Å². The van der Waals surface area contributed by atoms with Crippen molar-refractivity contribution in [1.82, 2.24) is 0 Å². The number of nitrogens with zero attached hydrogens (tertiary/aromatic N) is 1. The Hall–Kier alpha value is -2.01. The van der Waals surface area contributed by atoms with Crippen LogP contribution in [0, 0.1) is 11.3 Å². The van der Waals surface area contributed by atoms with E-state index in [1.165, 1.54) is 0 Å². The van der Waals surface area contributed by atoms with Gasteiger partial charge in [0.2, 0.25) is 0 Å². The molecule has 0 unspecified atom stereocenters. The molecule has 1 aliphatic carbocycles. The third-order valence-electron chi connectivity index (χ3n) is 3.08. The minimum absolute atomic E-state index is 0.290. The summed E-state index contributed by atoms with van der Waals surface area (Å²) in [5.41, 5.74) is 0.812. The molecule has 2 heteroatoms. The third-order valence-corrected chi connectivity index (χ3v) is 3.08. The summed E-state index contributed by atoms with van der Waals surface area (Å²) in [4.78, 5) is 0. The van der Waals surface area contributed by atoms with Gasteiger partial charge in [-0.2, -0.15) is 5.26 Å². The normalized spacial score (nSPS) is 16.5. The van der Waals surface area contributed by atoms with E-state index in [0.29, 0.717) is 6.42 Å². The summed E-state index contributed by atoms with van der Waals surface area (Å²) in [5, 5.41) is 9.02. The summed E-state index contributed by atoms with van der Waals surface area (Å²) in [5.74, 6) is 0.826. The first-order valence-corrected chi connectivity index (χ1v) is 5.67. The summed E-state index contributed by atoms with van der Waals surface area (Å²) in [7, 11) is 1.66. The maximum absolute atomic E-state index is 9.02. The fourth-order valence-electron chi connectivity index (χ4n) is 2.15. The first-order chi connectivity index (χ1) is 8.30. The van der Waals surface area contributed by atoms with Crippen LogP contribution in [0.5, 0.6) is 5.75 Å². The minimum Gasteiger partial charge on any atom is -0.497 e. The van der Waals surface area contributed by atoms with E-state index in [1.807, 2.05) is 24.3 Å². The van der Waals surface area contributed by atoms with Gasteiger partial charge in [0.15, 0.2) is 0 Å². The molecule has 0 fully saturated rings. The van der Waals surface area contributed by atoms with Crippen LogP contribution in [-0.2, 0) is 5.41 Å². The molecule has 1 aromatic carbocycles. The topological polar surface area (TPSA) is 33.0 Å². The fourth-order valence-corrected chi connectivity index (χ4v) is 2.15. The lowest BCUT2D eigenvalue weighted by molar-refractivity contribution is 0.413. The zero-order valence-electron chi connectivity index (χ0n) is 9.89. The van der Waals surface area contributed by atoms with Gasteiger partial charge < -0.3 is 4.74 Å². The largest absolute Gasteiger partial charge is 0.497 e. The molecule has 1 aliphatic rings. The van der Waals surface area contributed by atoms with E-state index in [0.717, 1.165) is 17.7 Å². The molecule has 2 rings (SSSR count). The molecule has 0 atom stereocenters. The van der Waals surface area contributed by atoms with Crippen molar-refractivity contribution in [2.24, 2.45) is 0 Å². The molecule has 0 amide bonds. The van der Waals surface area contributed by atoms with Gasteiger partial charge in [-0.15, -0.1) is 0 Å². The predicted octanol–water partition coefficient (Wildman–Crippen LogP) is 3.36. The van der Waals surface area contributed by atoms with Crippen LogP contribution >= 0.6 is 0 Å². The fraction of sp³-hybridized carbons (Fsp3) is 0.267. The second-order valence-corrected chi connectivity index (χ2v) is 4.15. The van der Waals surface area contributed by atoms with Gasteiger partial charge in [-0.05, 0) is 24.1 Å². The van der Waals surface area contributed by atoms with Crippen LogP contribution in [0.4, 0.5) is 0 Å². The van der Waals surface area contributed by atoms with Crippen molar-refractivity contribution < 1.29 is 4.74 Å². The summed E-state index contributed by atoms with van der Waals surface area (Å²) in [6, 6.07) is 10.2. The van der Waals surface area contributed by atoms with E-state index < -0.39 is 0 Å².